The van der Waals surface area contributed by atoms with Gasteiger partial charge < -0.3 is 24.1 Å². The molecule has 3 heterocycles. The van der Waals surface area contributed by atoms with E-state index in [1.165, 1.54) is 12.8 Å². The van der Waals surface area contributed by atoms with Crippen LogP contribution in [0.2, 0.25) is 0 Å². The van der Waals surface area contributed by atoms with E-state index in [2.05, 4.69) is 42.9 Å². The topological polar surface area (TPSA) is 72.1 Å². The van der Waals surface area contributed by atoms with Crippen molar-refractivity contribution in [3.63, 3.8) is 0 Å². The highest BCUT2D eigenvalue weighted by molar-refractivity contribution is 5.80. The van der Waals surface area contributed by atoms with Crippen molar-refractivity contribution in [3.8, 4) is 0 Å². The Hall–Kier alpha value is -1.60. The fourth-order valence-corrected chi connectivity index (χ4v) is 3.71. The molecule has 1 aromatic heterocycles. The molecule has 1 N–H and O–H groups in total. The van der Waals surface area contributed by atoms with E-state index < -0.39 is 0 Å². The number of guanidine groups is 1. The van der Waals surface area contributed by atoms with Crippen molar-refractivity contribution in [1.82, 2.24) is 15.2 Å². The second-order valence-electron chi connectivity index (χ2n) is 9.05. The Balaban J connectivity index is 1.48. The average molecular weight is 407 g/mol. The lowest BCUT2D eigenvalue weighted by molar-refractivity contribution is -0.0721. The first kappa shape index (κ1) is 22.1. The molecular formula is C22H38N4O3. The van der Waals surface area contributed by atoms with Gasteiger partial charge >= 0.3 is 0 Å². The molecule has 7 heteroatoms. The molecule has 29 heavy (non-hydrogen) atoms. The predicted octanol–water partition coefficient (Wildman–Crippen LogP) is 3.49. The Morgan fingerprint density at radius 2 is 2.07 bits per heavy atom. The van der Waals surface area contributed by atoms with Crippen molar-refractivity contribution >= 4 is 5.96 Å². The molecule has 3 rings (SSSR count). The highest BCUT2D eigenvalue weighted by atomic mass is 16.5. The average Bonchev–Trinajstić information content (AvgIpc) is 3.20. The molecule has 164 valence electrons. The minimum atomic E-state index is -0.0377. The highest BCUT2D eigenvalue weighted by Gasteiger charge is 2.24. The number of nitrogens with zero attached hydrogens (tertiary/aromatic N) is 3. The number of nitrogens with one attached hydrogen (secondary N) is 1. The van der Waals surface area contributed by atoms with Crippen molar-refractivity contribution in [3.05, 3.63) is 17.8 Å². The Morgan fingerprint density at radius 1 is 1.28 bits per heavy atom. The molecule has 0 radical (unpaired) electrons. The maximum absolute atomic E-state index is 6.14. The van der Waals surface area contributed by atoms with Gasteiger partial charge in [0, 0.05) is 31.7 Å². The predicted molar refractivity (Wildman–Crippen MR) is 114 cm³/mol. The van der Waals surface area contributed by atoms with Crippen LogP contribution in [0.25, 0.3) is 0 Å². The molecule has 1 atom stereocenters. The number of aliphatic imine (C=N–C) groups is 1. The summed E-state index contributed by atoms with van der Waals surface area (Å²) >= 11 is 0. The van der Waals surface area contributed by atoms with E-state index in [0.717, 1.165) is 63.8 Å². The van der Waals surface area contributed by atoms with E-state index in [1.54, 1.807) is 0 Å². The van der Waals surface area contributed by atoms with Crippen LogP contribution in [-0.4, -0.2) is 60.9 Å². The number of hydrogen-bond acceptors (Lipinski definition) is 5. The molecule has 2 fully saturated rings. The SMILES string of the molecule is CCNC(=NCc1ncc(C(C)(C)C)o1)N1CCC(OCC2CCCCO2)CC1. The van der Waals surface area contributed by atoms with Gasteiger partial charge in [0.25, 0.3) is 0 Å². The van der Waals surface area contributed by atoms with E-state index in [0.29, 0.717) is 24.6 Å². The van der Waals surface area contributed by atoms with E-state index in [1.807, 2.05) is 6.20 Å². The number of ether oxygens (including phenoxy) is 2. The number of oxazole rings is 1. The van der Waals surface area contributed by atoms with E-state index in [4.69, 9.17) is 18.9 Å². The maximum atomic E-state index is 6.14. The zero-order valence-electron chi connectivity index (χ0n) is 18.6. The molecule has 0 saturated carbocycles. The summed E-state index contributed by atoms with van der Waals surface area (Å²) in [5, 5.41) is 3.40. The van der Waals surface area contributed by atoms with Gasteiger partial charge in [-0.3, -0.25) is 0 Å². The molecule has 2 aliphatic heterocycles. The van der Waals surface area contributed by atoms with Gasteiger partial charge in [0.15, 0.2) is 5.96 Å². The summed E-state index contributed by atoms with van der Waals surface area (Å²) in [5.41, 5.74) is -0.0377. The fourth-order valence-electron chi connectivity index (χ4n) is 3.71. The van der Waals surface area contributed by atoms with E-state index >= 15 is 0 Å². The second-order valence-corrected chi connectivity index (χ2v) is 9.05. The van der Waals surface area contributed by atoms with Gasteiger partial charge in [0.2, 0.25) is 5.89 Å². The highest BCUT2D eigenvalue weighted by Crippen LogP contribution is 2.23. The van der Waals surface area contributed by atoms with Crippen LogP contribution in [0.1, 0.15) is 71.5 Å². The number of likely N-dealkylation sites (tertiary alicyclic amines) is 1. The third-order valence-corrected chi connectivity index (χ3v) is 5.53. The molecule has 0 aliphatic carbocycles. The van der Waals surface area contributed by atoms with E-state index in [9.17, 15) is 0 Å². The van der Waals surface area contributed by atoms with Crippen molar-refractivity contribution in [2.45, 2.75) is 84.0 Å². The van der Waals surface area contributed by atoms with E-state index in [-0.39, 0.29) is 5.41 Å². The quantitative estimate of drug-likeness (QED) is 0.576. The van der Waals surface area contributed by atoms with Crippen LogP contribution in [0.4, 0.5) is 0 Å². The van der Waals surface area contributed by atoms with Crippen LogP contribution in [0, 0.1) is 0 Å². The second kappa shape index (κ2) is 10.4. The van der Waals surface area contributed by atoms with Crippen LogP contribution < -0.4 is 5.32 Å². The molecule has 2 saturated heterocycles. The monoisotopic (exact) mass is 406 g/mol. The largest absolute Gasteiger partial charge is 0.443 e. The summed E-state index contributed by atoms with van der Waals surface area (Å²) in [6, 6.07) is 0. The Morgan fingerprint density at radius 3 is 2.69 bits per heavy atom. The van der Waals surface area contributed by atoms with Gasteiger partial charge in [-0.1, -0.05) is 20.8 Å². The number of piperidine rings is 1. The molecular weight excluding hydrogens is 368 g/mol. The normalized spacial score (nSPS) is 22.1. The Kier molecular flexibility index (Phi) is 7.95. The fraction of sp³-hybridized carbons (Fsp3) is 0.818. The standard InChI is InChI=1S/C22H38N4O3/c1-5-23-21(25-15-20-24-14-19(29-20)22(2,3)4)26-11-9-17(10-12-26)28-16-18-8-6-7-13-27-18/h14,17-18H,5-13,15-16H2,1-4H3,(H,23,25). The summed E-state index contributed by atoms with van der Waals surface area (Å²) in [6.07, 6.45) is 8.04. The molecule has 0 bridgehead atoms. The van der Waals surface area contributed by atoms with Gasteiger partial charge in [-0.2, -0.15) is 0 Å². The molecule has 0 spiro atoms. The minimum Gasteiger partial charge on any atom is -0.443 e. The first-order chi connectivity index (χ1) is 14.0. The van der Waals surface area contributed by atoms with Crippen LogP contribution in [0.3, 0.4) is 0 Å². The summed E-state index contributed by atoms with van der Waals surface area (Å²) < 4.78 is 17.8. The van der Waals surface area contributed by atoms with Crippen molar-refractivity contribution < 1.29 is 13.9 Å². The molecule has 1 unspecified atom stereocenters. The Bertz CT molecular complexity index is 639. The number of rotatable bonds is 6. The zero-order chi connectivity index (χ0) is 20.7. The lowest BCUT2D eigenvalue weighted by Gasteiger charge is -2.35. The first-order valence-electron chi connectivity index (χ1n) is 11.2. The molecule has 2 aliphatic rings. The van der Waals surface area contributed by atoms with Crippen LogP contribution >= 0.6 is 0 Å². The third-order valence-electron chi connectivity index (χ3n) is 5.53. The van der Waals surface area contributed by atoms with Gasteiger partial charge in [-0.05, 0) is 39.0 Å². The molecule has 0 aromatic carbocycles. The molecule has 1 aromatic rings. The van der Waals surface area contributed by atoms with Gasteiger partial charge in [-0.15, -0.1) is 0 Å². The van der Waals surface area contributed by atoms with Crippen LogP contribution in [0.15, 0.2) is 15.6 Å². The van der Waals surface area contributed by atoms with Crippen molar-refractivity contribution in [1.29, 1.82) is 0 Å². The third kappa shape index (κ3) is 6.71. The lowest BCUT2D eigenvalue weighted by atomic mass is 9.94. The first-order valence-corrected chi connectivity index (χ1v) is 11.2. The summed E-state index contributed by atoms with van der Waals surface area (Å²) in [5.74, 6) is 2.49. The minimum absolute atomic E-state index is 0.0377. The Labute approximate surface area is 175 Å². The smallest absolute Gasteiger partial charge is 0.216 e. The van der Waals surface area contributed by atoms with Gasteiger partial charge in [-0.25, -0.2) is 9.98 Å². The number of aromatic nitrogens is 1. The summed E-state index contributed by atoms with van der Waals surface area (Å²) in [4.78, 5) is 11.5. The summed E-state index contributed by atoms with van der Waals surface area (Å²) in [6.45, 7) is 13.3. The number of hydrogen-bond donors (Lipinski definition) is 1. The van der Waals surface area contributed by atoms with Crippen molar-refractivity contribution in [2.24, 2.45) is 4.99 Å². The van der Waals surface area contributed by atoms with Crippen LogP contribution in [-0.2, 0) is 21.4 Å². The lowest BCUT2D eigenvalue weighted by Crippen LogP contribution is -2.47. The van der Waals surface area contributed by atoms with Crippen molar-refractivity contribution in [2.75, 3.05) is 32.8 Å². The van der Waals surface area contributed by atoms with Gasteiger partial charge in [0.05, 0.1) is 25.0 Å². The molecule has 7 nitrogen and oxygen atoms in total. The van der Waals surface area contributed by atoms with Crippen LogP contribution in [0.5, 0.6) is 0 Å². The molecule has 0 amide bonds. The summed E-state index contributed by atoms with van der Waals surface area (Å²) in [7, 11) is 0. The maximum Gasteiger partial charge on any atom is 0.216 e. The van der Waals surface area contributed by atoms with Gasteiger partial charge in [0.1, 0.15) is 12.3 Å². The zero-order valence-corrected chi connectivity index (χ0v) is 18.6.